The molecule has 18 heavy (non-hydrogen) atoms. The summed E-state index contributed by atoms with van der Waals surface area (Å²) in [5.41, 5.74) is 0. The van der Waals surface area contributed by atoms with Crippen molar-refractivity contribution in [3.8, 4) is 0 Å². The molecule has 9 nitrogen and oxygen atoms in total. The molecule has 0 aliphatic carbocycles. The van der Waals surface area contributed by atoms with E-state index in [9.17, 15) is 29.7 Å². The topological polar surface area (TPSA) is 163 Å². The van der Waals surface area contributed by atoms with E-state index in [0.29, 0.717) is 0 Å². The maximum Gasteiger partial charge on any atom is 1.00 e. The van der Waals surface area contributed by atoms with Gasteiger partial charge in [-0.05, 0) is 0 Å². The third kappa shape index (κ3) is 6.13. The average molecular weight is 304 g/mol. The minimum Gasteiger partial charge on any atom is -0.790 e. The van der Waals surface area contributed by atoms with Crippen LogP contribution in [0.4, 0.5) is 0 Å². The summed E-state index contributed by atoms with van der Waals surface area (Å²) in [5, 5.41) is 36.5. The molecule has 1 aliphatic rings. The van der Waals surface area contributed by atoms with Crippen LogP contribution in [-0.2, 0) is 13.8 Å². The summed E-state index contributed by atoms with van der Waals surface area (Å²) in [6, 6.07) is 0. The second kappa shape index (κ2) is 9.04. The molecule has 0 spiro atoms. The number of aliphatic hydroxyl groups excluding tert-OH is 4. The molecule has 12 heteroatoms. The van der Waals surface area contributed by atoms with Gasteiger partial charge in [-0.1, -0.05) is 0 Å². The van der Waals surface area contributed by atoms with Gasteiger partial charge in [-0.3, -0.25) is 0 Å². The first-order chi connectivity index (χ1) is 7.26. The van der Waals surface area contributed by atoms with Crippen molar-refractivity contribution in [3.05, 3.63) is 0 Å². The van der Waals surface area contributed by atoms with Gasteiger partial charge in [0.2, 0.25) is 0 Å². The molecular formula is C6H11Na2O9P. The molecule has 0 aromatic carbocycles. The molecule has 5 unspecified atom stereocenters. The fourth-order valence-corrected chi connectivity index (χ4v) is 1.71. The van der Waals surface area contributed by atoms with E-state index >= 15 is 0 Å². The van der Waals surface area contributed by atoms with Crippen LogP contribution in [0.25, 0.3) is 0 Å². The van der Waals surface area contributed by atoms with Gasteiger partial charge in [0.25, 0.3) is 0 Å². The maximum atomic E-state index is 10.3. The Bertz CT molecular complexity index is 284. The van der Waals surface area contributed by atoms with Crippen LogP contribution < -0.4 is 68.9 Å². The van der Waals surface area contributed by atoms with Crippen LogP contribution in [0.2, 0.25) is 0 Å². The molecule has 0 aromatic rings. The quantitative estimate of drug-likeness (QED) is 0.293. The first-order valence-electron chi connectivity index (χ1n) is 4.27. The number of rotatable bonds is 3. The van der Waals surface area contributed by atoms with Crippen LogP contribution in [0, 0.1) is 0 Å². The SMILES string of the molecule is O=P([O-])([O-])OC1OC(CO)C(O)C(O)C1O.[Na+].[Na+]. The molecular weight excluding hydrogens is 293 g/mol. The standard InChI is InChI=1S/C6H13O9P.2Na/c7-1-2-3(8)4(9)5(10)6(14-2)15-16(11,12)13;;/h2-10H,1H2,(H2,11,12,13);;/q;2*+1/p-2. The van der Waals surface area contributed by atoms with E-state index in [1.54, 1.807) is 0 Å². The van der Waals surface area contributed by atoms with Gasteiger partial charge in [-0.25, -0.2) is 0 Å². The van der Waals surface area contributed by atoms with Crippen LogP contribution in [0.15, 0.2) is 0 Å². The second-order valence-electron chi connectivity index (χ2n) is 3.25. The van der Waals surface area contributed by atoms with Gasteiger partial charge in [0, 0.05) is 0 Å². The van der Waals surface area contributed by atoms with E-state index < -0.39 is 45.1 Å². The van der Waals surface area contributed by atoms with Gasteiger partial charge in [0.15, 0.2) is 6.29 Å². The Morgan fingerprint density at radius 2 is 1.61 bits per heavy atom. The van der Waals surface area contributed by atoms with Gasteiger partial charge in [-0.15, -0.1) is 0 Å². The smallest absolute Gasteiger partial charge is 0.790 e. The third-order valence-electron chi connectivity index (χ3n) is 2.08. The Kier molecular flexibility index (Phi) is 11.1. The van der Waals surface area contributed by atoms with E-state index in [0.717, 1.165) is 0 Å². The van der Waals surface area contributed by atoms with Crippen LogP contribution >= 0.6 is 7.82 Å². The molecule has 4 N–H and O–H groups in total. The van der Waals surface area contributed by atoms with E-state index in [-0.39, 0.29) is 59.1 Å². The van der Waals surface area contributed by atoms with Crippen molar-refractivity contribution in [1.82, 2.24) is 0 Å². The predicted octanol–water partition coefficient (Wildman–Crippen LogP) is -10.4. The van der Waals surface area contributed by atoms with Gasteiger partial charge >= 0.3 is 59.1 Å². The zero-order valence-corrected chi connectivity index (χ0v) is 14.8. The molecule has 96 valence electrons. The molecule has 1 aliphatic heterocycles. The summed E-state index contributed by atoms with van der Waals surface area (Å²) in [7, 11) is -5.41. The molecule has 1 heterocycles. The maximum absolute atomic E-state index is 10.3. The second-order valence-corrected chi connectivity index (χ2v) is 4.36. The van der Waals surface area contributed by atoms with Crippen molar-refractivity contribution in [2.45, 2.75) is 30.7 Å². The van der Waals surface area contributed by atoms with Crippen molar-refractivity contribution in [2.24, 2.45) is 0 Å². The van der Waals surface area contributed by atoms with Gasteiger partial charge in [-0.2, -0.15) is 0 Å². The first-order valence-corrected chi connectivity index (χ1v) is 5.73. The van der Waals surface area contributed by atoms with Gasteiger partial charge < -0.3 is 44.0 Å². The minimum atomic E-state index is -5.41. The molecule has 0 saturated carbocycles. The Hall–Kier alpha value is 1.91. The average Bonchev–Trinajstić information content (AvgIpc) is 2.17. The fraction of sp³-hybridized carbons (Fsp3) is 1.00. The summed E-state index contributed by atoms with van der Waals surface area (Å²) < 4.78 is 18.7. The largest absolute Gasteiger partial charge is 1.00 e. The summed E-state index contributed by atoms with van der Waals surface area (Å²) >= 11 is 0. The minimum absolute atomic E-state index is 0. The van der Waals surface area contributed by atoms with Crippen molar-refractivity contribution in [1.29, 1.82) is 0 Å². The van der Waals surface area contributed by atoms with Crippen molar-refractivity contribution < 1.29 is 103 Å². The Morgan fingerprint density at radius 3 is 2.00 bits per heavy atom. The molecule has 0 aromatic heterocycles. The third-order valence-corrected chi connectivity index (χ3v) is 2.55. The summed E-state index contributed by atoms with van der Waals surface area (Å²) in [4.78, 5) is 20.6. The number of phosphoric acid groups is 1. The Morgan fingerprint density at radius 1 is 1.11 bits per heavy atom. The van der Waals surface area contributed by atoms with Crippen LogP contribution in [0.1, 0.15) is 0 Å². The number of hydrogen-bond donors (Lipinski definition) is 4. The van der Waals surface area contributed by atoms with Gasteiger partial charge in [0.05, 0.1) is 14.4 Å². The van der Waals surface area contributed by atoms with Crippen LogP contribution in [0.5, 0.6) is 0 Å². The van der Waals surface area contributed by atoms with E-state index in [4.69, 9.17) is 5.11 Å². The molecule has 1 rings (SSSR count). The fourth-order valence-electron chi connectivity index (χ4n) is 1.28. The van der Waals surface area contributed by atoms with Crippen LogP contribution in [-0.4, -0.2) is 57.7 Å². The molecule has 0 bridgehead atoms. The number of phosphoric ester groups is 1. The monoisotopic (exact) mass is 304 g/mol. The van der Waals surface area contributed by atoms with Crippen molar-refractivity contribution in [2.75, 3.05) is 6.61 Å². The number of aliphatic hydroxyl groups is 4. The number of hydrogen-bond acceptors (Lipinski definition) is 9. The zero-order chi connectivity index (χ0) is 12.5. The molecule has 0 amide bonds. The van der Waals surface area contributed by atoms with Crippen LogP contribution in [0.3, 0.4) is 0 Å². The predicted molar refractivity (Wildman–Crippen MR) is 42.5 cm³/mol. The van der Waals surface area contributed by atoms with E-state index in [2.05, 4.69) is 9.26 Å². The summed E-state index contributed by atoms with van der Waals surface area (Å²) in [5.74, 6) is 0. The Labute approximate surface area is 147 Å². The molecule has 0 radical (unpaired) electrons. The molecule has 1 saturated heterocycles. The van der Waals surface area contributed by atoms with E-state index in [1.165, 1.54) is 0 Å². The van der Waals surface area contributed by atoms with Crippen molar-refractivity contribution >= 4 is 7.82 Å². The Balaban J connectivity index is 0. The van der Waals surface area contributed by atoms with E-state index in [1.807, 2.05) is 0 Å². The molecule has 1 fully saturated rings. The summed E-state index contributed by atoms with van der Waals surface area (Å²) in [6.07, 6.45) is -8.61. The van der Waals surface area contributed by atoms with Crippen molar-refractivity contribution in [3.63, 3.8) is 0 Å². The first kappa shape index (κ1) is 22.2. The number of ether oxygens (including phenoxy) is 1. The van der Waals surface area contributed by atoms with Gasteiger partial charge in [0.1, 0.15) is 24.4 Å². The normalized spacial score (nSPS) is 36.4. The molecule has 5 atom stereocenters. The zero-order valence-electron chi connectivity index (χ0n) is 9.87. The summed E-state index contributed by atoms with van der Waals surface area (Å²) in [6.45, 7) is -0.743.